The first-order chi connectivity index (χ1) is 12.6. The van der Waals surface area contributed by atoms with Crippen molar-refractivity contribution in [3.05, 3.63) is 77.3 Å². The second-order valence-corrected chi connectivity index (χ2v) is 6.80. The number of pyridine rings is 2. The van der Waals surface area contributed by atoms with E-state index in [0.717, 1.165) is 32.6 Å². The maximum atomic E-state index is 12.1. The van der Waals surface area contributed by atoms with Gasteiger partial charge in [-0.3, -0.25) is 9.78 Å². The zero-order valence-electron chi connectivity index (χ0n) is 14.0. The first-order valence-electron chi connectivity index (χ1n) is 8.07. The number of carbonyl (C=O) groups excluding carboxylic acids is 1. The summed E-state index contributed by atoms with van der Waals surface area (Å²) in [6.45, 7) is 1.54. The molecule has 0 amide bonds. The molecule has 3 aromatic heterocycles. The molecule has 0 atom stereocenters. The standard InChI is InChI=1S/C20H15BrN4O/c1-13(26)17-12-22-18-6-4-14(21)10-16(18)20(17)24-15-5-7-19(23-11-15)25-8-2-3-9-25/h2-12H,1H3,(H,22,24). The highest BCUT2D eigenvalue weighted by Gasteiger charge is 2.13. The molecule has 6 heteroatoms. The Bertz CT molecular complexity index is 1090. The van der Waals surface area contributed by atoms with Gasteiger partial charge in [0.05, 0.1) is 28.7 Å². The van der Waals surface area contributed by atoms with E-state index in [9.17, 15) is 4.79 Å². The Balaban J connectivity index is 1.77. The smallest absolute Gasteiger partial charge is 0.163 e. The Morgan fingerprint density at radius 3 is 2.58 bits per heavy atom. The van der Waals surface area contributed by atoms with Gasteiger partial charge in [0.15, 0.2) is 5.78 Å². The lowest BCUT2D eigenvalue weighted by Gasteiger charge is -2.14. The molecule has 0 aliphatic heterocycles. The van der Waals surface area contributed by atoms with Crippen LogP contribution < -0.4 is 5.32 Å². The minimum Gasteiger partial charge on any atom is -0.353 e. The highest BCUT2D eigenvalue weighted by molar-refractivity contribution is 9.10. The molecule has 0 fully saturated rings. The van der Waals surface area contributed by atoms with Crippen LogP contribution in [-0.4, -0.2) is 20.3 Å². The molecular formula is C20H15BrN4O. The topological polar surface area (TPSA) is 59.8 Å². The quantitative estimate of drug-likeness (QED) is 0.477. The second kappa shape index (κ2) is 6.72. The number of hydrogen-bond donors (Lipinski definition) is 1. The number of carbonyl (C=O) groups is 1. The van der Waals surface area contributed by atoms with Gasteiger partial charge in [-0.2, -0.15) is 0 Å². The minimum absolute atomic E-state index is 0.0428. The fourth-order valence-corrected chi connectivity index (χ4v) is 3.17. The van der Waals surface area contributed by atoms with E-state index >= 15 is 0 Å². The number of halogens is 1. The van der Waals surface area contributed by atoms with Crippen molar-refractivity contribution < 1.29 is 4.79 Å². The van der Waals surface area contributed by atoms with Crippen molar-refractivity contribution >= 4 is 44.0 Å². The third-order valence-corrected chi connectivity index (χ3v) is 4.59. The lowest BCUT2D eigenvalue weighted by molar-refractivity contribution is 0.101. The first-order valence-corrected chi connectivity index (χ1v) is 8.87. The van der Waals surface area contributed by atoms with Crippen molar-refractivity contribution in [2.45, 2.75) is 6.92 Å². The van der Waals surface area contributed by atoms with E-state index in [1.165, 1.54) is 0 Å². The summed E-state index contributed by atoms with van der Waals surface area (Å²) >= 11 is 3.49. The summed E-state index contributed by atoms with van der Waals surface area (Å²) in [5, 5.41) is 4.22. The van der Waals surface area contributed by atoms with Crippen molar-refractivity contribution in [2.75, 3.05) is 5.32 Å². The summed E-state index contributed by atoms with van der Waals surface area (Å²) < 4.78 is 2.86. The molecule has 0 saturated carbocycles. The SMILES string of the molecule is CC(=O)c1cnc2ccc(Br)cc2c1Nc1ccc(-n2cccc2)nc1. The van der Waals surface area contributed by atoms with Gasteiger partial charge in [-0.25, -0.2) is 4.98 Å². The van der Waals surface area contributed by atoms with Gasteiger partial charge in [0.2, 0.25) is 0 Å². The summed E-state index contributed by atoms with van der Waals surface area (Å²) in [5.41, 5.74) is 2.90. The van der Waals surface area contributed by atoms with Crippen LogP contribution in [0.3, 0.4) is 0 Å². The van der Waals surface area contributed by atoms with Crippen molar-refractivity contribution in [1.29, 1.82) is 0 Å². The molecule has 0 radical (unpaired) electrons. The lowest BCUT2D eigenvalue weighted by atomic mass is 10.1. The van der Waals surface area contributed by atoms with Gasteiger partial charge in [0, 0.05) is 28.4 Å². The highest BCUT2D eigenvalue weighted by Crippen LogP contribution is 2.31. The molecule has 5 nitrogen and oxygen atoms in total. The number of aromatic nitrogens is 3. The molecule has 0 aliphatic rings. The number of fused-ring (bicyclic) bond motifs is 1. The van der Waals surface area contributed by atoms with Crippen LogP contribution in [-0.2, 0) is 0 Å². The first kappa shape index (κ1) is 16.5. The molecule has 3 heterocycles. The van der Waals surface area contributed by atoms with Gasteiger partial charge in [0.1, 0.15) is 5.82 Å². The van der Waals surface area contributed by atoms with Crippen LogP contribution in [0.25, 0.3) is 16.7 Å². The summed E-state index contributed by atoms with van der Waals surface area (Å²) in [4.78, 5) is 21.0. The average Bonchev–Trinajstić information content (AvgIpc) is 3.17. The molecule has 0 spiro atoms. The highest BCUT2D eigenvalue weighted by atomic mass is 79.9. The van der Waals surface area contributed by atoms with Crippen LogP contribution in [0.4, 0.5) is 11.4 Å². The Morgan fingerprint density at radius 2 is 1.88 bits per heavy atom. The van der Waals surface area contributed by atoms with Gasteiger partial charge in [-0.15, -0.1) is 0 Å². The molecule has 0 unspecified atom stereocenters. The number of Topliss-reactive ketones (excluding diaryl/α,β-unsaturated/α-hetero) is 1. The Kier molecular flexibility index (Phi) is 4.26. The van der Waals surface area contributed by atoms with Gasteiger partial charge in [-0.05, 0) is 49.4 Å². The van der Waals surface area contributed by atoms with Gasteiger partial charge in [0.25, 0.3) is 0 Å². The van der Waals surface area contributed by atoms with Crippen molar-refractivity contribution in [3.63, 3.8) is 0 Å². The summed E-state index contributed by atoms with van der Waals surface area (Å²) in [5.74, 6) is 0.786. The monoisotopic (exact) mass is 406 g/mol. The molecule has 128 valence electrons. The number of ketones is 1. The normalized spacial score (nSPS) is 10.8. The Morgan fingerprint density at radius 1 is 1.08 bits per heavy atom. The minimum atomic E-state index is -0.0428. The fraction of sp³-hybridized carbons (Fsp3) is 0.0500. The molecule has 4 rings (SSSR count). The zero-order chi connectivity index (χ0) is 18.1. The van der Waals surface area contributed by atoms with Crippen LogP contribution in [0.2, 0.25) is 0 Å². The van der Waals surface area contributed by atoms with Crippen molar-refractivity contribution in [3.8, 4) is 5.82 Å². The summed E-state index contributed by atoms with van der Waals surface area (Å²) in [6.07, 6.45) is 7.25. The van der Waals surface area contributed by atoms with Gasteiger partial charge >= 0.3 is 0 Å². The molecule has 0 aliphatic carbocycles. The number of anilines is 2. The second-order valence-electron chi connectivity index (χ2n) is 5.88. The lowest BCUT2D eigenvalue weighted by Crippen LogP contribution is -2.03. The third kappa shape index (κ3) is 3.11. The average molecular weight is 407 g/mol. The summed E-state index contributed by atoms with van der Waals surface area (Å²) in [6, 6.07) is 13.6. The van der Waals surface area contributed by atoms with Crippen LogP contribution in [0.1, 0.15) is 17.3 Å². The molecule has 26 heavy (non-hydrogen) atoms. The van der Waals surface area contributed by atoms with Crippen LogP contribution in [0.15, 0.2) is 71.7 Å². The molecule has 1 aromatic carbocycles. The van der Waals surface area contributed by atoms with Gasteiger partial charge in [-0.1, -0.05) is 15.9 Å². The van der Waals surface area contributed by atoms with E-state index in [0.29, 0.717) is 5.56 Å². The van der Waals surface area contributed by atoms with Crippen molar-refractivity contribution in [1.82, 2.24) is 14.5 Å². The van der Waals surface area contributed by atoms with E-state index < -0.39 is 0 Å². The number of hydrogen-bond acceptors (Lipinski definition) is 4. The van der Waals surface area contributed by atoms with Crippen molar-refractivity contribution in [2.24, 2.45) is 0 Å². The number of nitrogens with one attached hydrogen (secondary N) is 1. The predicted molar refractivity (Wildman–Crippen MR) is 106 cm³/mol. The number of benzene rings is 1. The maximum absolute atomic E-state index is 12.1. The number of rotatable bonds is 4. The molecule has 1 N–H and O–H groups in total. The Labute approximate surface area is 158 Å². The van der Waals surface area contributed by atoms with E-state index in [2.05, 4.69) is 31.2 Å². The summed E-state index contributed by atoms with van der Waals surface area (Å²) in [7, 11) is 0. The van der Waals surface area contributed by atoms with E-state index in [1.807, 2.05) is 59.4 Å². The predicted octanol–water partition coefficient (Wildman–Crippen LogP) is 5.13. The fourth-order valence-electron chi connectivity index (χ4n) is 2.81. The van der Waals surface area contributed by atoms with Crippen LogP contribution in [0.5, 0.6) is 0 Å². The molecule has 0 saturated heterocycles. The van der Waals surface area contributed by atoms with E-state index in [-0.39, 0.29) is 5.78 Å². The Hall–Kier alpha value is -2.99. The largest absolute Gasteiger partial charge is 0.353 e. The van der Waals surface area contributed by atoms with Crippen LogP contribution in [0, 0.1) is 0 Å². The molecule has 4 aromatic rings. The maximum Gasteiger partial charge on any atom is 0.163 e. The van der Waals surface area contributed by atoms with Crippen LogP contribution >= 0.6 is 15.9 Å². The zero-order valence-corrected chi connectivity index (χ0v) is 15.6. The molecular weight excluding hydrogens is 392 g/mol. The molecule has 0 bridgehead atoms. The third-order valence-electron chi connectivity index (χ3n) is 4.10. The van der Waals surface area contributed by atoms with E-state index in [4.69, 9.17) is 0 Å². The van der Waals surface area contributed by atoms with E-state index in [1.54, 1.807) is 19.3 Å². The van der Waals surface area contributed by atoms with Gasteiger partial charge < -0.3 is 9.88 Å². The number of nitrogens with zero attached hydrogens (tertiary/aromatic N) is 3.